The quantitative estimate of drug-likeness (QED) is 0.555. The highest BCUT2D eigenvalue weighted by Gasteiger charge is 2.19. The number of hydrogen-bond donors (Lipinski definition) is 1. The Kier molecular flexibility index (Phi) is 5.86. The number of carbonyl (C=O) groups excluding carboxylic acids is 1. The van der Waals surface area contributed by atoms with E-state index in [2.05, 4.69) is 15.5 Å². The molecule has 3 aromatic rings. The molecule has 30 heavy (non-hydrogen) atoms. The van der Waals surface area contributed by atoms with Crippen LogP contribution in [0.2, 0.25) is 0 Å². The molecule has 1 aromatic heterocycles. The molecule has 0 unspecified atom stereocenters. The molecular weight excluding hydrogens is 426 g/mol. The molecule has 1 aliphatic heterocycles. The summed E-state index contributed by atoms with van der Waals surface area (Å²) in [5.41, 5.74) is 0.896. The zero-order valence-electron chi connectivity index (χ0n) is 15.6. The lowest BCUT2D eigenvalue weighted by molar-refractivity contribution is -0.118. The van der Waals surface area contributed by atoms with Crippen molar-refractivity contribution in [2.75, 3.05) is 12.5 Å². The van der Waals surface area contributed by atoms with Crippen molar-refractivity contribution in [2.24, 2.45) is 0 Å². The summed E-state index contributed by atoms with van der Waals surface area (Å²) in [6.45, 7) is 0.560. The number of fused-ring (bicyclic) bond motifs is 1. The van der Waals surface area contributed by atoms with Gasteiger partial charge >= 0.3 is 0 Å². The average Bonchev–Trinajstić information content (AvgIpc) is 3.25. The van der Waals surface area contributed by atoms with Gasteiger partial charge in [-0.3, -0.25) is 4.79 Å². The number of rotatable bonds is 7. The van der Waals surface area contributed by atoms with Crippen LogP contribution < -0.4 is 14.8 Å². The van der Waals surface area contributed by atoms with E-state index in [0.717, 1.165) is 5.56 Å². The summed E-state index contributed by atoms with van der Waals surface area (Å²) in [6, 6.07) is 16.5. The van der Waals surface area contributed by atoms with Crippen LogP contribution in [0.3, 0.4) is 0 Å². The van der Waals surface area contributed by atoms with Crippen LogP contribution in [0.5, 0.6) is 11.5 Å². The third kappa shape index (κ3) is 4.55. The molecule has 0 saturated carbocycles. The summed E-state index contributed by atoms with van der Waals surface area (Å²) in [4.78, 5) is 12.3. The molecule has 1 aliphatic rings. The minimum atomic E-state index is -3.71. The van der Waals surface area contributed by atoms with E-state index in [1.54, 1.807) is 30.3 Å². The molecule has 4 rings (SSSR count). The van der Waals surface area contributed by atoms with E-state index >= 15 is 0 Å². The number of benzene rings is 2. The smallest absolute Gasteiger partial charge is 0.231 e. The van der Waals surface area contributed by atoms with E-state index < -0.39 is 9.84 Å². The second kappa shape index (κ2) is 8.72. The fourth-order valence-electron chi connectivity index (χ4n) is 2.69. The molecule has 0 radical (unpaired) electrons. The summed E-state index contributed by atoms with van der Waals surface area (Å²) in [6.07, 6.45) is 0. The van der Waals surface area contributed by atoms with Crippen LogP contribution in [-0.4, -0.2) is 37.1 Å². The second-order valence-electron chi connectivity index (χ2n) is 6.28. The van der Waals surface area contributed by atoms with Crippen molar-refractivity contribution in [2.45, 2.75) is 21.5 Å². The van der Waals surface area contributed by atoms with E-state index in [4.69, 9.17) is 9.47 Å². The molecule has 154 valence electrons. The highest BCUT2D eigenvalue weighted by Crippen LogP contribution is 2.32. The first-order valence-electron chi connectivity index (χ1n) is 8.94. The molecule has 0 spiro atoms. The monoisotopic (exact) mass is 443 g/mol. The normalized spacial score (nSPS) is 12.5. The third-order valence-electron chi connectivity index (χ3n) is 4.22. The topological polar surface area (TPSA) is 107 Å². The molecule has 0 fully saturated rings. The predicted octanol–water partition coefficient (Wildman–Crippen LogP) is 2.45. The Labute approximate surface area is 177 Å². The minimum Gasteiger partial charge on any atom is -0.454 e. The van der Waals surface area contributed by atoms with Crippen molar-refractivity contribution >= 4 is 27.5 Å². The lowest BCUT2D eigenvalue weighted by Gasteiger charge is -2.06. The molecule has 0 bridgehead atoms. The second-order valence-corrected chi connectivity index (χ2v) is 9.17. The van der Waals surface area contributed by atoms with Gasteiger partial charge in [-0.25, -0.2) is 8.42 Å². The number of nitrogens with one attached hydrogen (secondary N) is 1. The molecule has 0 aliphatic carbocycles. The van der Waals surface area contributed by atoms with Gasteiger partial charge < -0.3 is 14.8 Å². The largest absolute Gasteiger partial charge is 0.454 e. The van der Waals surface area contributed by atoms with E-state index in [0.29, 0.717) is 23.1 Å². The molecule has 1 N–H and O–H groups in total. The zero-order chi connectivity index (χ0) is 21.0. The SMILES string of the molecule is O=C(CSc1ccc(S(=O)(=O)c2ccccc2)nn1)NCc1ccc2c(c1)OCO2. The van der Waals surface area contributed by atoms with Crippen LogP contribution in [0.15, 0.2) is 75.6 Å². The summed E-state index contributed by atoms with van der Waals surface area (Å²) in [7, 11) is -3.71. The maximum Gasteiger partial charge on any atom is 0.231 e. The van der Waals surface area contributed by atoms with Gasteiger partial charge in [0.15, 0.2) is 16.5 Å². The first-order chi connectivity index (χ1) is 14.5. The van der Waals surface area contributed by atoms with Gasteiger partial charge in [-0.2, -0.15) is 0 Å². The van der Waals surface area contributed by atoms with Gasteiger partial charge in [0.1, 0.15) is 5.03 Å². The molecule has 2 aromatic carbocycles. The number of thioether (sulfide) groups is 1. The summed E-state index contributed by atoms with van der Waals surface area (Å²) < 4.78 is 35.6. The molecule has 10 heteroatoms. The maximum atomic E-state index is 12.5. The van der Waals surface area contributed by atoms with Crippen molar-refractivity contribution < 1.29 is 22.7 Å². The van der Waals surface area contributed by atoms with Crippen LogP contribution in [0.1, 0.15) is 5.56 Å². The summed E-state index contributed by atoms with van der Waals surface area (Å²) in [5, 5.41) is 10.9. The van der Waals surface area contributed by atoms with E-state index in [1.165, 1.54) is 30.0 Å². The Morgan fingerprint density at radius 1 is 1.00 bits per heavy atom. The molecule has 8 nitrogen and oxygen atoms in total. The van der Waals surface area contributed by atoms with Crippen LogP contribution in [0.25, 0.3) is 0 Å². The number of hydrogen-bond acceptors (Lipinski definition) is 8. The Morgan fingerprint density at radius 3 is 2.57 bits per heavy atom. The Balaban J connectivity index is 1.30. The number of ether oxygens (including phenoxy) is 2. The maximum absolute atomic E-state index is 12.5. The van der Waals surface area contributed by atoms with Gasteiger partial charge in [0.2, 0.25) is 22.5 Å². The number of nitrogens with zero attached hydrogens (tertiary/aromatic N) is 2. The van der Waals surface area contributed by atoms with Crippen LogP contribution in [0, 0.1) is 0 Å². The van der Waals surface area contributed by atoms with E-state index in [1.807, 2.05) is 12.1 Å². The summed E-state index contributed by atoms with van der Waals surface area (Å²) in [5.74, 6) is 1.30. The van der Waals surface area contributed by atoms with Crippen LogP contribution in [0.4, 0.5) is 0 Å². The molecule has 0 atom stereocenters. The Morgan fingerprint density at radius 2 is 1.80 bits per heavy atom. The van der Waals surface area contributed by atoms with Crippen LogP contribution in [-0.2, 0) is 21.2 Å². The van der Waals surface area contributed by atoms with Gasteiger partial charge in [0.05, 0.1) is 10.6 Å². The number of sulfone groups is 1. The van der Waals surface area contributed by atoms with Crippen molar-refractivity contribution in [3.8, 4) is 11.5 Å². The van der Waals surface area contributed by atoms with Gasteiger partial charge in [-0.1, -0.05) is 36.0 Å². The van der Waals surface area contributed by atoms with E-state index in [9.17, 15) is 13.2 Å². The van der Waals surface area contributed by atoms with Crippen LogP contribution >= 0.6 is 11.8 Å². The average molecular weight is 444 g/mol. The van der Waals surface area contributed by atoms with Gasteiger partial charge in [-0.15, -0.1) is 10.2 Å². The van der Waals surface area contributed by atoms with Crippen molar-refractivity contribution in [1.82, 2.24) is 15.5 Å². The summed E-state index contributed by atoms with van der Waals surface area (Å²) >= 11 is 1.17. The minimum absolute atomic E-state index is 0.129. The molecule has 2 heterocycles. The standard InChI is InChI=1S/C20H17N3O5S2/c24-18(21-11-14-6-7-16-17(10-14)28-13-27-16)12-29-19-8-9-20(23-22-19)30(25,26)15-4-2-1-3-5-15/h1-10H,11-13H2,(H,21,24). The molecular formula is C20H17N3O5S2. The molecule has 0 saturated heterocycles. The Hall–Kier alpha value is -3.11. The first-order valence-corrected chi connectivity index (χ1v) is 11.4. The lowest BCUT2D eigenvalue weighted by atomic mass is 10.2. The highest BCUT2D eigenvalue weighted by molar-refractivity contribution is 7.99. The lowest BCUT2D eigenvalue weighted by Crippen LogP contribution is -2.24. The van der Waals surface area contributed by atoms with Gasteiger partial charge in [0.25, 0.3) is 0 Å². The third-order valence-corrected chi connectivity index (χ3v) is 6.80. The van der Waals surface area contributed by atoms with E-state index in [-0.39, 0.29) is 28.4 Å². The van der Waals surface area contributed by atoms with Crippen molar-refractivity contribution in [3.63, 3.8) is 0 Å². The number of aromatic nitrogens is 2. The fraction of sp³-hybridized carbons (Fsp3) is 0.150. The fourth-order valence-corrected chi connectivity index (χ4v) is 4.49. The first kappa shape index (κ1) is 20.2. The number of carbonyl (C=O) groups is 1. The van der Waals surface area contributed by atoms with Gasteiger partial charge in [-0.05, 0) is 42.0 Å². The zero-order valence-corrected chi connectivity index (χ0v) is 17.3. The highest BCUT2D eigenvalue weighted by atomic mass is 32.2. The molecule has 1 amide bonds. The van der Waals surface area contributed by atoms with Crippen molar-refractivity contribution in [1.29, 1.82) is 0 Å². The number of amides is 1. The van der Waals surface area contributed by atoms with Crippen molar-refractivity contribution in [3.05, 3.63) is 66.2 Å². The van der Waals surface area contributed by atoms with Gasteiger partial charge in [0, 0.05) is 6.54 Å². The Bertz CT molecular complexity index is 1150. The predicted molar refractivity (Wildman–Crippen MR) is 109 cm³/mol.